The van der Waals surface area contributed by atoms with E-state index in [0.29, 0.717) is 6.61 Å². The van der Waals surface area contributed by atoms with E-state index >= 15 is 0 Å². The molecule has 0 aromatic heterocycles. The minimum Gasteiger partial charge on any atom is -0.382 e. The zero-order valence-corrected chi connectivity index (χ0v) is 28.0. The van der Waals surface area contributed by atoms with E-state index in [4.69, 9.17) is 47.4 Å². The SMILES string of the molecule is COC[C@H]1O[C@@H](O[C@H]2[C@H](OCc3ccccc3)[C@@H](OCc3ccccc3)[C@@H](O)O[C@@H]2COCc2ccccc2)[C@H](OC)[C@@H](OC)[C@@H]1OC. The number of methoxy groups -OCH3 is 4. The molecule has 11 heteroatoms. The Balaban J connectivity index is 1.45. The van der Waals surface area contributed by atoms with Crippen molar-refractivity contribution in [3.63, 3.8) is 0 Å². The molecule has 0 bridgehead atoms. The minimum absolute atomic E-state index is 0.0908. The Morgan fingerprint density at radius 1 is 0.521 bits per heavy atom. The van der Waals surface area contributed by atoms with Gasteiger partial charge in [-0.05, 0) is 16.7 Å². The molecule has 11 nitrogen and oxygen atoms in total. The smallest absolute Gasteiger partial charge is 0.187 e. The Labute approximate surface area is 282 Å². The number of hydrogen-bond acceptors (Lipinski definition) is 11. The van der Waals surface area contributed by atoms with E-state index in [-0.39, 0.29) is 26.4 Å². The van der Waals surface area contributed by atoms with Gasteiger partial charge < -0.3 is 52.5 Å². The first-order chi connectivity index (χ1) is 23.6. The number of ether oxygens (including phenoxy) is 10. The molecule has 10 atom stereocenters. The van der Waals surface area contributed by atoms with Crippen LogP contribution in [0.3, 0.4) is 0 Å². The Kier molecular flexibility index (Phi) is 14.3. The highest BCUT2D eigenvalue weighted by Gasteiger charge is 2.53. The molecule has 0 saturated carbocycles. The van der Waals surface area contributed by atoms with Gasteiger partial charge in [-0.15, -0.1) is 0 Å². The van der Waals surface area contributed by atoms with Crippen LogP contribution in [0.15, 0.2) is 91.0 Å². The molecule has 2 heterocycles. The van der Waals surface area contributed by atoms with Gasteiger partial charge in [-0.2, -0.15) is 0 Å². The second kappa shape index (κ2) is 18.8. The zero-order valence-electron chi connectivity index (χ0n) is 28.0. The summed E-state index contributed by atoms with van der Waals surface area (Å²) < 4.78 is 61.6. The van der Waals surface area contributed by atoms with Crippen molar-refractivity contribution in [2.45, 2.75) is 81.2 Å². The minimum atomic E-state index is -1.34. The lowest BCUT2D eigenvalue weighted by molar-refractivity contribution is -0.368. The monoisotopic (exact) mass is 668 g/mol. The van der Waals surface area contributed by atoms with Gasteiger partial charge in [-0.3, -0.25) is 0 Å². The topological polar surface area (TPSA) is 113 Å². The van der Waals surface area contributed by atoms with Gasteiger partial charge in [0.25, 0.3) is 0 Å². The van der Waals surface area contributed by atoms with Crippen molar-refractivity contribution in [3.05, 3.63) is 108 Å². The summed E-state index contributed by atoms with van der Waals surface area (Å²) in [5.74, 6) is 0. The third kappa shape index (κ3) is 9.46. The number of benzene rings is 3. The molecule has 0 unspecified atom stereocenters. The molecular formula is C37H48O11. The summed E-state index contributed by atoms with van der Waals surface area (Å²) in [6.07, 6.45) is -7.89. The van der Waals surface area contributed by atoms with Gasteiger partial charge in [0.05, 0.1) is 33.0 Å². The van der Waals surface area contributed by atoms with Crippen molar-refractivity contribution in [2.75, 3.05) is 41.7 Å². The summed E-state index contributed by atoms with van der Waals surface area (Å²) in [5, 5.41) is 11.4. The maximum atomic E-state index is 11.4. The molecule has 0 radical (unpaired) electrons. The van der Waals surface area contributed by atoms with Crippen LogP contribution in [0.4, 0.5) is 0 Å². The highest BCUT2D eigenvalue weighted by atomic mass is 16.7. The largest absolute Gasteiger partial charge is 0.382 e. The number of rotatable bonds is 17. The summed E-state index contributed by atoms with van der Waals surface area (Å²) in [4.78, 5) is 0. The van der Waals surface area contributed by atoms with Crippen LogP contribution in [0.25, 0.3) is 0 Å². The molecule has 262 valence electrons. The zero-order chi connectivity index (χ0) is 33.7. The van der Waals surface area contributed by atoms with E-state index in [1.54, 1.807) is 28.4 Å². The van der Waals surface area contributed by atoms with E-state index in [9.17, 15) is 5.11 Å². The molecule has 2 aliphatic heterocycles. The fourth-order valence-corrected chi connectivity index (χ4v) is 6.20. The van der Waals surface area contributed by atoms with E-state index in [1.807, 2.05) is 91.0 Å². The van der Waals surface area contributed by atoms with Gasteiger partial charge in [0.1, 0.15) is 48.8 Å². The maximum Gasteiger partial charge on any atom is 0.187 e. The molecule has 3 aromatic carbocycles. The maximum absolute atomic E-state index is 11.4. The normalized spacial score (nSPS) is 30.7. The molecule has 2 aliphatic rings. The lowest BCUT2D eigenvalue weighted by Crippen LogP contribution is -2.66. The van der Waals surface area contributed by atoms with Crippen LogP contribution >= 0.6 is 0 Å². The Hall–Kier alpha value is -2.78. The molecule has 0 amide bonds. The number of hydrogen-bond donors (Lipinski definition) is 1. The van der Waals surface area contributed by atoms with Crippen LogP contribution in [0.2, 0.25) is 0 Å². The molecule has 2 saturated heterocycles. The summed E-state index contributed by atoms with van der Waals surface area (Å²) >= 11 is 0. The van der Waals surface area contributed by atoms with Crippen LogP contribution in [0.5, 0.6) is 0 Å². The van der Waals surface area contributed by atoms with Crippen LogP contribution in [-0.4, -0.2) is 108 Å². The summed E-state index contributed by atoms with van der Waals surface area (Å²) in [6, 6.07) is 29.3. The third-order valence-electron chi connectivity index (χ3n) is 8.60. The van der Waals surface area contributed by atoms with Crippen LogP contribution < -0.4 is 0 Å². The Morgan fingerprint density at radius 2 is 1.02 bits per heavy atom. The number of aliphatic hydroxyl groups is 1. The molecule has 5 rings (SSSR count). The van der Waals surface area contributed by atoms with Crippen LogP contribution in [0.1, 0.15) is 16.7 Å². The van der Waals surface area contributed by atoms with Crippen molar-refractivity contribution in [2.24, 2.45) is 0 Å². The summed E-state index contributed by atoms with van der Waals surface area (Å²) in [5.41, 5.74) is 2.88. The average Bonchev–Trinajstić information content (AvgIpc) is 3.12. The van der Waals surface area contributed by atoms with Crippen molar-refractivity contribution in [1.82, 2.24) is 0 Å². The van der Waals surface area contributed by atoms with Gasteiger partial charge in [-0.1, -0.05) is 91.0 Å². The molecule has 0 spiro atoms. The standard InChI is InChI=1S/C37H48O11/c1-39-23-28-30(40-2)32(41-3)35(42-4)37(47-28)48-31-29(24-43-20-25-14-8-5-9-15-25)46-36(38)34(45-22-27-18-12-7-13-19-27)33(31)44-21-26-16-10-6-11-17-26/h5-19,28-38H,20-24H2,1-4H3/t28-,29-,30-,31-,32+,33+,34-,35-,36+,37+/m1/s1. The summed E-state index contributed by atoms with van der Waals surface area (Å²) in [7, 11) is 6.34. The summed E-state index contributed by atoms with van der Waals surface area (Å²) in [6.45, 7) is 1.11. The van der Waals surface area contributed by atoms with Gasteiger partial charge in [0.2, 0.25) is 0 Å². The molecule has 48 heavy (non-hydrogen) atoms. The van der Waals surface area contributed by atoms with Crippen LogP contribution in [0, 0.1) is 0 Å². The van der Waals surface area contributed by atoms with E-state index in [0.717, 1.165) is 16.7 Å². The highest BCUT2D eigenvalue weighted by Crippen LogP contribution is 2.34. The van der Waals surface area contributed by atoms with Gasteiger partial charge in [-0.25, -0.2) is 0 Å². The molecule has 3 aromatic rings. The van der Waals surface area contributed by atoms with Gasteiger partial charge in [0.15, 0.2) is 12.6 Å². The first kappa shape index (κ1) is 36.5. The first-order valence-corrected chi connectivity index (χ1v) is 16.2. The van der Waals surface area contributed by atoms with Crippen molar-refractivity contribution in [3.8, 4) is 0 Å². The average molecular weight is 669 g/mol. The van der Waals surface area contributed by atoms with Crippen LogP contribution in [-0.2, 0) is 67.2 Å². The van der Waals surface area contributed by atoms with Crippen molar-refractivity contribution < 1.29 is 52.5 Å². The van der Waals surface area contributed by atoms with Gasteiger partial charge in [0, 0.05) is 28.4 Å². The Bertz CT molecular complexity index is 1300. The predicted molar refractivity (Wildman–Crippen MR) is 175 cm³/mol. The fourth-order valence-electron chi connectivity index (χ4n) is 6.20. The lowest BCUT2D eigenvalue weighted by atomic mass is 9.96. The predicted octanol–water partition coefficient (Wildman–Crippen LogP) is 3.89. The Morgan fingerprint density at radius 3 is 1.54 bits per heavy atom. The molecule has 2 fully saturated rings. The molecule has 1 N–H and O–H groups in total. The van der Waals surface area contributed by atoms with Crippen molar-refractivity contribution in [1.29, 1.82) is 0 Å². The molecule has 0 aliphatic carbocycles. The number of aliphatic hydroxyl groups excluding tert-OH is 1. The third-order valence-corrected chi connectivity index (χ3v) is 8.60. The second-order valence-electron chi connectivity index (χ2n) is 11.8. The van der Waals surface area contributed by atoms with E-state index < -0.39 is 61.4 Å². The van der Waals surface area contributed by atoms with E-state index in [2.05, 4.69) is 0 Å². The fraction of sp³-hybridized carbons (Fsp3) is 0.514. The van der Waals surface area contributed by atoms with Crippen molar-refractivity contribution >= 4 is 0 Å². The first-order valence-electron chi connectivity index (χ1n) is 16.2. The second-order valence-corrected chi connectivity index (χ2v) is 11.8. The quantitative estimate of drug-likeness (QED) is 0.226. The lowest BCUT2D eigenvalue weighted by Gasteiger charge is -2.49. The highest BCUT2D eigenvalue weighted by molar-refractivity contribution is 5.15. The van der Waals surface area contributed by atoms with Gasteiger partial charge >= 0.3 is 0 Å². The molecular weight excluding hydrogens is 620 g/mol. The van der Waals surface area contributed by atoms with E-state index in [1.165, 1.54) is 0 Å².